The lowest BCUT2D eigenvalue weighted by Crippen LogP contribution is -2.26. The Morgan fingerprint density at radius 3 is 2.57 bits per heavy atom. The molecule has 2 aromatic rings. The molecule has 0 saturated heterocycles. The summed E-state index contributed by atoms with van der Waals surface area (Å²) in [6.45, 7) is 0.590. The van der Waals surface area contributed by atoms with E-state index in [2.05, 4.69) is 5.32 Å². The SMILES string of the molecule is CN(Cc1ccccc1)C(=O)CC[C@@H]1C(=O)Nc2ccccc21. The Kier molecular flexibility index (Phi) is 4.42. The molecule has 1 heterocycles. The molecule has 1 aliphatic heterocycles. The highest BCUT2D eigenvalue weighted by molar-refractivity contribution is 6.03. The van der Waals surface area contributed by atoms with Gasteiger partial charge >= 0.3 is 0 Å². The second-order valence-electron chi connectivity index (χ2n) is 5.90. The van der Waals surface area contributed by atoms with Gasteiger partial charge in [-0.15, -0.1) is 0 Å². The van der Waals surface area contributed by atoms with Gasteiger partial charge in [0.15, 0.2) is 0 Å². The topological polar surface area (TPSA) is 49.4 Å². The van der Waals surface area contributed by atoms with Crippen LogP contribution < -0.4 is 5.32 Å². The van der Waals surface area contributed by atoms with Crippen molar-refractivity contribution in [3.8, 4) is 0 Å². The predicted octanol–water partition coefficient (Wildman–Crippen LogP) is 3.16. The van der Waals surface area contributed by atoms with Gasteiger partial charge in [0.25, 0.3) is 0 Å². The Bertz CT molecular complexity index is 712. The molecule has 2 amide bonds. The van der Waals surface area contributed by atoms with Gasteiger partial charge in [-0.1, -0.05) is 48.5 Å². The molecule has 4 nitrogen and oxygen atoms in total. The molecule has 3 rings (SSSR count). The first-order chi connectivity index (χ1) is 11.1. The molecule has 0 spiro atoms. The van der Waals surface area contributed by atoms with Crippen LogP contribution >= 0.6 is 0 Å². The van der Waals surface area contributed by atoms with E-state index in [1.165, 1.54) is 0 Å². The summed E-state index contributed by atoms with van der Waals surface area (Å²) in [5.41, 5.74) is 2.97. The Hall–Kier alpha value is -2.62. The predicted molar refractivity (Wildman–Crippen MR) is 90.0 cm³/mol. The Morgan fingerprint density at radius 1 is 1.09 bits per heavy atom. The van der Waals surface area contributed by atoms with E-state index in [0.29, 0.717) is 19.4 Å². The van der Waals surface area contributed by atoms with Crippen molar-refractivity contribution in [1.82, 2.24) is 4.90 Å². The summed E-state index contributed by atoms with van der Waals surface area (Å²) in [4.78, 5) is 26.1. The van der Waals surface area contributed by atoms with Crippen LogP contribution in [0.25, 0.3) is 0 Å². The van der Waals surface area contributed by atoms with Gasteiger partial charge in [-0.25, -0.2) is 0 Å². The number of para-hydroxylation sites is 1. The van der Waals surface area contributed by atoms with E-state index in [1.54, 1.807) is 11.9 Å². The highest BCUT2D eigenvalue weighted by Crippen LogP contribution is 2.35. The lowest BCUT2D eigenvalue weighted by atomic mass is 9.95. The van der Waals surface area contributed by atoms with E-state index >= 15 is 0 Å². The molecule has 118 valence electrons. The molecule has 4 heteroatoms. The number of carbonyl (C=O) groups is 2. The van der Waals surface area contributed by atoms with Gasteiger partial charge in [0.1, 0.15) is 0 Å². The van der Waals surface area contributed by atoms with Crippen LogP contribution in [-0.4, -0.2) is 23.8 Å². The minimum atomic E-state index is -0.222. The maximum atomic E-state index is 12.3. The van der Waals surface area contributed by atoms with Crippen LogP contribution in [-0.2, 0) is 16.1 Å². The Balaban J connectivity index is 1.58. The fourth-order valence-electron chi connectivity index (χ4n) is 2.97. The number of hydrogen-bond donors (Lipinski definition) is 1. The van der Waals surface area contributed by atoms with Crippen molar-refractivity contribution in [3.05, 3.63) is 65.7 Å². The van der Waals surface area contributed by atoms with E-state index in [9.17, 15) is 9.59 Å². The zero-order valence-corrected chi connectivity index (χ0v) is 13.2. The monoisotopic (exact) mass is 308 g/mol. The van der Waals surface area contributed by atoms with Crippen LogP contribution in [0.2, 0.25) is 0 Å². The summed E-state index contributed by atoms with van der Waals surface area (Å²) < 4.78 is 0. The third kappa shape index (κ3) is 3.42. The molecule has 1 N–H and O–H groups in total. The molecule has 0 unspecified atom stereocenters. The van der Waals surface area contributed by atoms with Crippen LogP contribution in [0, 0.1) is 0 Å². The summed E-state index contributed by atoms with van der Waals surface area (Å²) in [6.07, 6.45) is 0.913. The maximum Gasteiger partial charge on any atom is 0.232 e. The van der Waals surface area contributed by atoms with Crippen LogP contribution in [0.5, 0.6) is 0 Å². The summed E-state index contributed by atoms with van der Waals surface area (Å²) in [7, 11) is 1.80. The Labute approximate surface area is 136 Å². The van der Waals surface area contributed by atoms with Gasteiger partial charge in [0, 0.05) is 25.7 Å². The first-order valence-electron chi connectivity index (χ1n) is 7.83. The van der Waals surface area contributed by atoms with Crippen LogP contribution in [0.3, 0.4) is 0 Å². The molecule has 23 heavy (non-hydrogen) atoms. The van der Waals surface area contributed by atoms with Crippen molar-refractivity contribution in [3.63, 3.8) is 0 Å². The lowest BCUT2D eigenvalue weighted by Gasteiger charge is -2.18. The molecule has 0 bridgehead atoms. The van der Waals surface area contributed by atoms with Gasteiger partial charge in [0.05, 0.1) is 5.92 Å². The minimum absolute atomic E-state index is 0.00953. The minimum Gasteiger partial charge on any atom is -0.341 e. The highest BCUT2D eigenvalue weighted by Gasteiger charge is 2.30. The molecule has 1 aliphatic rings. The molecular formula is C19H20N2O2. The second kappa shape index (κ2) is 6.65. The van der Waals surface area contributed by atoms with E-state index in [1.807, 2.05) is 54.6 Å². The molecule has 2 aromatic carbocycles. The third-order valence-electron chi connectivity index (χ3n) is 4.25. The van der Waals surface area contributed by atoms with Crippen LogP contribution in [0.4, 0.5) is 5.69 Å². The fraction of sp³-hybridized carbons (Fsp3) is 0.263. The van der Waals surface area contributed by atoms with Gasteiger partial charge < -0.3 is 10.2 Å². The second-order valence-corrected chi connectivity index (χ2v) is 5.90. The van der Waals surface area contributed by atoms with Gasteiger partial charge in [0.2, 0.25) is 11.8 Å². The number of nitrogens with zero attached hydrogens (tertiary/aromatic N) is 1. The normalized spacial score (nSPS) is 15.9. The van der Waals surface area contributed by atoms with Gasteiger partial charge in [-0.05, 0) is 23.6 Å². The van der Waals surface area contributed by atoms with Crippen molar-refractivity contribution in [2.75, 3.05) is 12.4 Å². The summed E-state index contributed by atoms with van der Waals surface area (Å²) in [5.74, 6) is -0.170. The van der Waals surface area contributed by atoms with E-state index in [4.69, 9.17) is 0 Å². The third-order valence-corrected chi connectivity index (χ3v) is 4.25. The average molecular weight is 308 g/mol. The van der Waals surface area contributed by atoms with Crippen LogP contribution in [0.15, 0.2) is 54.6 Å². The number of anilines is 1. The zero-order valence-electron chi connectivity index (χ0n) is 13.2. The number of hydrogen-bond acceptors (Lipinski definition) is 2. The molecule has 0 aromatic heterocycles. The average Bonchev–Trinajstić information content (AvgIpc) is 2.88. The molecule has 0 saturated carbocycles. The molecule has 1 atom stereocenters. The summed E-state index contributed by atoms with van der Waals surface area (Å²) in [5, 5.41) is 2.88. The van der Waals surface area contributed by atoms with Crippen molar-refractivity contribution in [2.24, 2.45) is 0 Å². The van der Waals surface area contributed by atoms with Gasteiger partial charge in [-0.3, -0.25) is 9.59 Å². The fourth-order valence-corrected chi connectivity index (χ4v) is 2.97. The van der Waals surface area contributed by atoms with E-state index in [-0.39, 0.29) is 17.7 Å². The van der Waals surface area contributed by atoms with Gasteiger partial charge in [-0.2, -0.15) is 0 Å². The van der Waals surface area contributed by atoms with E-state index < -0.39 is 0 Å². The van der Waals surface area contributed by atoms with Crippen molar-refractivity contribution < 1.29 is 9.59 Å². The number of fused-ring (bicyclic) bond motifs is 1. The number of amides is 2. The largest absolute Gasteiger partial charge is 0.341 e. The number of carbonyl (C=O) groups excluding carboxylic acids is 2. The highest BCUT2D eigenvalue weighted by atomic mass is 16.2. The van der Waals surface area contributed by atoms with Crippen molar-refractivity contribution in [1.29, 1.82) is 0 Å². The molecular weight excluding hydrogens is 288 g/mol. The number of rotatable bonds is 5. The summed E-state index contributed by atoms with van der Waals surface area (Å²) >= 11 is 0. The molecule has 0 aliphatic carbocycles. The first-order valence-corrected chi connectivity index (χ1v) is 7.83. The Morgan fingerprint density at radius 2 is 1.78 bits per heavy atom. The van der Waals surface area contributed by atoms with Crippen molar-refractivity contribution in [2.45, 2.75) is 25.3 Å². The standard InChI is InChI=1S/C19H20N2O2/c1-21(13-14-7-3-2-4-8-14)18(22)12-11-16-15-9-5-6-10-17(15)20-19(16)23/h2-10,16H,11-13H2,1H3,(H,20,23)/t16-/m0/s1. The quantitative estimate of drug-likeness (QED) is 0.922. The van der Waals surface area contributed by atoms with E-state index in [0.717, 1.165) is 16.8 Å². The number of benzene rings is 2. The smallest absolute Gasteiger partial charge is 0.232 e. The van der Waals surface area contributed by atoms with Crippen molar-refractivity contribution >= 4 is 17.5 Å². The van der Waals surface area contributed by atoms with Crippen LogP contribution in [0.1, 0.15) is 29.9 Å². The zero-order chi connectivity index (χ0) is 16.2. The molecule has 0 fully saturated rings. The summed E-state index contributed by atoms with van der Waals surface area (Å²) in [6, 6.07) is 17.6. The maximum absolute atomic E-state index is 12.3. The first kappa shape index (κ1) is 15.3. The lowest BCUT2D eigenvalue weighted by molar-refractivity contribution is -0.130. The molecule has 0 radical (unpaired) electrons. The number of nitrogens with one attached hydrogen (secondary N) is 1.